The number of hydrogen-bond acceptors (Lipinski definition) is 3. The minimum atomic E-state index is -3.26. The van der Waals surface area contributed by atoms with Gasteiger partial charge < -0.3 is 5.32 Å². The Labute approximate surface area is 92.7 Å². The standard InChI is InChI=1S/C7H16N2O3S.C2H6/c1-3-4-5-8-7(10)6-9-13(2,11)12;1-2/h9H,3-6H2,1-2H3,(H,8,10);1-2H3. The van der Waals surface area contributed by atoms with Crippen LogP contribution in [0, 0.1) is 0 Å². The molecule has 0 aromatic heterocycles. The molecule has 0 unspecified atom stereocenters. The van der Waals surface area contributed by atoms with Gasteiger partial charge in [-0.15, -0.1) is 0 Å². The number of sulfonamides is 1. The molecule has 0 aliphatic heterocycles. The second-order valence-corrected chi connectivity index (χ2v) is 4.63. The third kappa shape index (κ3) is 16.1. The average Bonchev–Trinajstić information content (AvgIpc) is 2.17. The molecule has 0 rings (SSSR count). The first-order chi connectivity index (χ1) is 6.95. The summed E-state index contributed by atoms with van der Waals surface area (Å²) >= 11 is 0. The van der Waals surface area contributed by atoms with Gasteiger partial charge in [0.05, 0.1) is 12.8 Å². The maximum Gasteiger partial charge on any atom is 0.235 e. The van der Waals surface area contributed by atoms with Gasteiger partial charge in [-0.25, -0.2) is 13.1 Å². The van der Waals surface area contributed by atoms with E-state index in [9.17, 15) is 13.2 Å². The van der Waals surface area contributed by atoms with Crippen molar-refractivity contribution in [3.8, 4) is 0 Å². The molecule has 0 aromatic carbocycles. The molecule has 2 N–H and O–H groups in total. The second-order valence-electron chi connectivity index (χ2n) is 2.80. The lowest BCUT2D eigenvalue weighted by Crippen LogP contribution is -2.36. The zero-order valence-corrected chi connectivity index (χ0v) is 10.8. The summed E-state index contributed by atoms with van der Waals surface area (Å²) in [6.07, 6.45) is 2.93. The van der Waals surface area contributed by atoms with Gasteiger partial charge in [0.25, 0.3) is 0 Å². The predicted octanol–water partition coefficient (Wildman–Crippen LogP) is 0.478. The van der Waals surface area contributed by atoms with Crippen molar-refractivity contribution in [1.82, 2.24) is 10.0 Å². The number of nitrogens with one attached hydrogen (secondary N) is 2. The first-order valence-corrected chi connectivity index (χ1v) is 7.06. The van der Waals surface area contributed by atoms with Gasteiger partial charge in [0.15, 0.2) is 0 Å². The summed E-state index contributed by atoms with van der Waals surface area (Å²) in [5.74, 6) is -0.293. The molecule has 0 aromatic rings. The Bertz CT molecular complexity index is 250. The van der Waals surface area contributed by atoms with Crippen LogP contribution >= 0.6 is 0 Å². The smallest absolute Gasteiger partial charge is 0.235 e. The maximum absolute atomic E-state index is 10.9. The Balaban J connectivity index is 0. The number of carbonyl (C=O) groups is 1. The SMILES string of the molecule is CC.CCCCNC(=O)CNS(C)(=O)=O. The van der Waals surface area contributed by atoms with Gasteiger partial charge in [0.2, 0.25) is 15.9 Å². The molecule has 0 spiro atoms. The molecule has 0 bridgehead atoms. The fraction of sp³-hybridized carbons (Fsp3) is 0.889. The van der Waals surface area contributed by atoms with Gasteiger partial charge in [0, 0.05) is 6.54 Å². The first-order valence-electron chi connectivity index (χ1n) is 5.17. The van der Waals surface area contributed by atoms with E-state index in [0.29, 0.717) is 6.54 Å². The molecule has 0 saturated carbocycles. The van der Waals surface area contributed by atoms with E-state index in [1.54, 1.807) is 0 Å². The van der Waals surface area contributed by atoms with Crippen molar-refractivity contribution in [2.45, 2.75) is 33.6 Å². The summed E-state index contributed by atoms with van der Waals surface area (Å²) in [6.45, 7) is 6.43. The lowest BCUT2D eigenvalue weighted by Gasteiger charge is -2.03. The molecule has 1 amide bonds. The topological polar surface area (TPSA) is 75.3 Å². The van der Waals surface area contributed by atoms with Crippen LogP contribution in [0.3, 0.4) is 0 Å². The highest BCUT2D eigenvalue weighted by atomic mass is 32.2. The molecule has 0 aliphatic carbocycles. The van der Waals surface area contributed by atoms with Crippen molar-refractivity contribution in [3.63, 3.8) is 0 Å². The normalized spacial score (nSPS) is 10.1. The minimum Gasteiger partial charge on any atom is -0.355 e. The summed E-state index contributed by atoms with van der Waals surface area (Å²) in [7, 11) is -3.26. The van der Waals surface area contributed by atoms with Crippen LogP contribution in [0.4, 0.5) is 0 Å². The Morgan fingerprint density at radius 3 is 2.20 bits per heavy atom. The quantitative estimate of drug-likeness (QED) is 0.661. The molecule has 0 heterocycles. The van der Waals surface area contributed by atoms with Gasteiger partial charge in [0.1, 0.15) is 0 Å². The van der Waals surface area contributed by atoms with E-state index in [-0.39, 0.29) is 12.5 Å². The maximum atomic E-state index is 10.9. The Hall–Kier alpha value is -0.620. The monoisotopic (exact) mass is 238 g/mol. The van der Waals surface area contributed by atoms with Crippen LogP contribution in [0.25, 0.3) is 0 Å². The summed E-state index contributed by atoms with van der Waals surface area (Å²) in [5, 5.41) is 2.59. The molecule has 5 nitrogen and oxygen atoms in total. The zero-order chi connectivity index (χ0) is 12.3. The van der Waals surface area contributed by atoms with E-state index in [1.165, 1.54) is 0 Å². The molecular weight excluding hydrogens is 216 g/mol. The third-order valence-corrected chi connectivity index (χ3v) is 2.02. The van der Waals surface area contributed by atoms with Gasteiger partial charge in [-0.1, -0.05) is 27.2 Å². The highest BCUT2D eigenvalue weighted by Crippen LogP contribution is 1.82. The highest BCUT2D eigenvalue weighted by Gasteiger charge is 2.04. The van der Waals surface area contributed by atoms with Gasteiger partial charge in [-0.05, 0) is 6.42 Å². The van der Waals surface area contributed by atoms with Crippen molar-refractivity contribution < 1.29 is 13.2 Å². The van der Waals surface area contributed by atoms with Crippen LogP contribution in [0.2, 0.25) is 0 Å². The Kier molecular flexibility index (Phi) is 11.1. The van der Waals surface area contributed by atoms with Crippen molar-refractivity contribution in [2.75, 3.05) is 19.3 Å². The van der Waals surface area contributed by atoms with E-state index in [4.69, 9.17) is 0 Å². The van der Waals surface area contributed by atoms with E-state index in [0.717, 1.165) is 19.1 Å². The molecule has 0 saturated heterocycles. The van der Waals surface area contributed by atoms with Gasteiger partial charge >= 0.3 is 0 Å². The molecule has 92 valence electrons. The Morgan fingerprint density at radius 1 is 1.27 bits per heavy atom. The van der Waals surface area contributed by atoms with Crippen LogP contribution in [-0.2, 0) is 14.8 Å². The van der Waals surface area contributed by atoms with Gasteiger partial charge in [-0.2, -0.15) is 0 Å². The first kappa shape index (κ1) is 16.8. The van der Waals surface area contributed by atoms with Crippen molar-refractivity contribution in [3.05, 3.63) is 0 Å². The molecular formula is C9H22N2O3S. The number of amides is 1. The largest absolute Gasteiger partial charge is 0.355 e. The van der Waals surface area contributed by atoms with Crippen LogP contribution in [0.15, 0.2) is 0 Å². The van der Waals surface area contributed by atoms with Crippen LogP contribution < -0.4 is 10.0 Å². The van der Waals surface area contributed by atoms with Crippen molar-refractivity contribution in [2.24, 2.45) is 0 Å². The fourth-order valence-corrected chi connectivity index (χ4v) is 1.06. The number of hydrogen-bond donors (Lipinski definition) is 2. The number of unbranched alkanes of at least 4 members (excludes halogenated alkanes) is 1. The third-order valence-electron chi connectivity index (χ3n) is 1.35. The summed E-state index contributed by atoms with van der Waals surface area (Å²) in [5.41, 5.74) is 0. The van der Waals surface area contributed by atoms with E-state index >= 15 is 0 Å². The molecule has 15 heavy (non-hydrogen) atoms. The molecule has 6 heteroatoms. The van der Waals surface area contributed by atoms with Crippen LogP contribution in [0.5, 0.6) is 0 Å². The summed E-state index contributed by atoms with van der Waals surface area (Å²) in [6, 6.07) is 0. The highest BCUT2D eigenvalue weighted by molar-refractivity contribution is 7.88. The van der Waals surface area contributed by atoms with Gasteiger partial charge in [-0.3, -0.25) is 4.79 Å². The number of carbonyl (C=O) groups excluding carboxylic acids is 1. The van der Waals surface area contributed by atoms with E-state index in [2.05, 4.69) is 10.0 Å². The van der Waals surface area contributed by atoms with Crippen LogP contribution in [0.1, 0.15) is 33.6 Å². The van der Waals surface area contributed by atoms with E-state index < -0.39 is 10.0 Å². The summed E-state index contributed by atoms with van der Waals surface area (Å²) in [4.78, 5) is 10.9. The fourth-order valence-electron chi connectivity index (χ4n) is 0.664. The molecule has 0 radical (unpaired) electrons. The average molecular weight is 238 g/mol. The zero-order valence-electron chi connectivity index (χ0n) is 9.96. The lowest BCUT2D eigenvalue weighted by molar-refractivity contribution is -0.119. The van der Waals surface area contributed by atoms with Crippen molar-refractivity contribution in [1.29, 1.82) is 0 Å². The Morgan fingerprint density at radius 2 is 1.80 bits per heavy atom. The molecule has 0 atom stereocenters. The number of rotatable bonds is 6. The van der Waals surface area contributed by atoms with Crippen LogP contribution in [-0.4, -0.2) is 33.7 Å². The lowest BCUT2D eigenvalue weighted by atomic mass is 10.3. The molecule has 0 aliphatic rings. The predicted molar refractivity (Wildman–Crippen MR) is 62.1 cm³/mol. The molecule has 0 fully saturated rings. The van der Waals surface area contributed by atoms with Crippen molar-refractivity contribution >= 4 is 15.9 Å². The van der Waals surface area contributed by atoms with E-state index in [1.807, 2.05) is 20.8 Å². The minimum absolute atomic E-state index is 0.178. The second kappa shape index (κ2) is 9.92. The summed E-state index contributed by atoms with van der Waals surface area (Å²) < 4.78 is 23.3.